The van der Waals surface area contributed by atoms with Crippen molar-refractivity contribution in [3.63, 3.8) is 0 Å². The maximum atomic E-state index is 2.38. The summed E-state index contributed by atoms with van der Waals surface area (Å²) in [6.07, 6.45) is 0. The zero-order chi connectivity index (χ0) is 36.6. The molecule has 10 aromatic carbocycles. The number of hydrogen-bond donors (Lipinski definition) is 0. The molecule has 0 saturated heterocycles. The van der Waals surface area contributed by atoms with E-state index in [1.54, 1.807) is 0 Å². The number of hydrogen-bond acceptors (Lipinski definition) is 1. The van der Waals surface area contributed by atoms with Gasteiger partial charge in [-0.25, -0.2) is 0 Å². The molecule has 258 valence electrons. The van der Waals surface area contributed by atoms with E-state index >= 15 is 0 Å². The van der Waals surface area contributed by atoms with Gasteiger partial charge in [0.15, 0.2) is 0 Å². The minimum absolute atomic E-state index is 1.09. The van der Waals surface area contributed by atoms with E-state index in [0.29, 0.717) is 0 Å². The van der Waals surface area contributed by atoms with Crippen molar-refractivity contribution in [2.45, 2.75) is 0 Å². The third-order valence-corrected chi connectivity index (χ3v) is 10.8. The van der Waals surface area contributed by atoms with Gasteiger partial charge in [-0.15, -0.1) is 0 Å². The van der Waals surface area contributed by atoms with E-state index in [1.807, 2.05) is 0 Å². The van der Waals surface area contributed by atoms with Gasteiger partial charge in [-0.05, 0) is 119 Å². The van der Waals surface area contributed by atoms with Crippen molar-refractivity contribution in [1.82, 2.24) is 0 Å². The molecule has 0 heterocycles. The van der Waals surface area contributed by atoms with E-state index < -0.39 is 0 Å². The molecule has 0 fully saturated rings. The van der Waals surface area contributed by atoms with Crippen LogP contribution in [0.3, 0.4) is 0 Å². The third kappa shape index (κ3) is 6.12. The Kier molecular flexibility index (Phi) is 8.24. The van der Waals surface area contributed by atoms with E-state index in [9.17, 15) is 0 Å². The van der Waals surface area contributed by atoms with Crippen LogP contribution >= 0.6 is 0 Å². The van der Waals surface area contributed by atoms with Gasteiger partial charge in [0.1, 0.15) is 0 Å². The molecule has 0 unspecified atom stereocenters. The van der Waals surface area contributed by atoms with Gasteiger partial charge in [-0.2, -0.15) is 0 Å². The smallest absolute Gasteiger partial charge is 0.0467 e. The van der Waals surface area contributed by atoms with Gasteiger partial charge >= 0.3 is 0 Å². The summed E-state index contributed by atoms with van der Waals surface area (Å²) in [6, 6.07) is 81.5. The fraction of sp³-hybridized carbons (Fsp3) is 0. The lowest BCUT2D eigenvalue weighted by Gasteiger charge is -2.27. The zero-order valence-electron chi connectivity index (χ0n) is 30.3. The van der Waals surface area contributed by atoms with Crippen molar-refractivity contribution in [2.24, 2.45) is 0 Å². The first-order chi connectivity index (χ1) is 27.3. The summed E-state index contributed by atoms with van der Waals surface area (Å²) in [5, 5.41) is 7.56. The lowest BCUT2D eigenvalue weighted by atomic mass is 9.89. The topological polar surface area (TPSA) is 3.24 Å². The van der Waals surface area contributed by atoms with Gasteiger partial charge in [0.05, 0.1) is 0 Å². The molecule has 0 radical (unpaired) electrons. The van der Waals surface area contributed by atoms with Crippen LogP contribution in [0.1, 0.15) is 0 Å². The first-order valence-electron chi connectivity index (χ1n) is 18.9. The van der Waals surface area contributed by atoms with Crippen molar-refractivity contribution >= 4 is 49.4 Å². The second-order valence-electron chi connectivity index (χ2n) is 14.1. The van der Waals surface area contributed by atoms with Crippen molar-refractivity contribution in [1.29, 1.82) is 0 Å². The Hall–Kier alpha value is -7.22. The first kappa shape index (κ1) is 32.4. The van der Waals surface area contributed by atoms with E-state index in [4.69, 9.17) is 0 Å². The zero-order valence-corrected chi connectivity index (χ0v) is 30.3. The fourth-order valence-electron chi connectivity index (χ4n) is 8.14. The molecule has 1 nitrogen and oxygen atoms in total. The van der Waals surface area contributed by atoms with Gasteiger partial charge < -0.3 is 4.90 Å². The quantitative estimate of drug-likeness (QED) is 0.150. The SMILES string of the molecule is c1ccc(-c2cccc(N(c3ccc(-c4c(-c5ccccc5)ccc5ccccc45)cc3)c3cccc(-c4ccc5c(ccc6ccccc65)c4)c3)c2)cc1. The number of nitrogens with zero attached hydrogens (tertiary/aromatic N) is 1. The van der Waals surface area contributed by atoms with Crippen LogP contribution in [0.2, 0.25) is 0 Å². The van der Waals surface area contributed by atoms with E-state index in [1.165, 1.54) is 76.8 Å². The molecular formula is C54H37N. The second-order valence-corrected chi connectivity index (χ2v) is 14.1. The molecule has 1 heteroatoms. The van der Waals surface area contributed by atoms with Crippen LogP contribution in [0.5, 0.6) is 0 Å². The molecule has 0 amide bonds. The monoisotopic (exact) mass is 699 g/mol. The van der Waals surface area contributed by atoms with Crippen LogP contribution in [0.25, 0.3) is 76.8 Å². The molecule has 0 aliphatic rings. The largest absolute Gasteiger partial charge is 0.310 e. The highest BCUT2D eigenvalue weighted by Gasteiger charge is 2.17. The predicted octanol–water partition coefficient (Wildman–Crippen LogP) is 15.3. The summed E-state index contributed by atoms with van der Waals surface area (Å²) >= 11 is 0. The molecule has 0 N–H and O–H groups in total. The van der Waals surface area contributed by atoms with Gasteiger partial charge in [-0.1, -0.05) is 182 Å². The van der Waals surface area contributed by atoms with Gasteiger partial charge in [0.2, 0.25) is 0 Å². The van der Waals surface area contributed by atoms with E-state index in [2.05, 4.69) is 229 Å². The highest BCUT2D eigenvalue weighted by atomic mass is 15.1. The van der Waals surface area contributed by atoms with Crippen molar-refractivity contribution < 1.29 is 0 Å². The third-order valence-electron chi connectivity index (χ3n) is 10.8. The summed E-state index contributed by atoms with van der Waals surface area (Å²) in [7, 11) is 0. The highest BCUT2D eigenvalue weighted by molar-refractivity contribution is 6.08. The van der Waals surface area contributed by atoms with Crippen LogP contribution in [0.4, 0.5) is 17.1 Å². The maximum Gasteiger partial charge on any atom is 0.0467 e. The van der Waals surface area contributed by atoms with E-state index in [-0.39, 0.29) is 0 Å². The Balaban J connectivity index is 1.11. The van der Waals surface area contributed by atoms with Crippen LogP contribution in [0, 0.1) is 0 Å². The summed E-state index contributed by atoms with van der Waals surface area (Å²) in [5.41, 5.74) is 12.9. The summed E-state index contributed by atoms with van der Waals surface area (Å²) in [6.45, 7) is 0. The first-order valence-corrected chi connectivity index (χ1v) is 18.9. The van der Waals surface area contributed by atoms with Crippen molar-refractivity contribution in [3.8, 4) is 44.5 Å². The number of benzene rings is 10. The Bertz CT molecular complexity index is 2960. The van der Waals surface area contributed by atoms with E-state index in [0.717, 1.165) is 17.1 Å². The Morgan fingerprint density at radius 3 is 1.44 bits per heavy atom. The second kappa shape index (κ2) is 14.0. The average Bonchev–Trinajstić information content (AvgIpc) is 3.27. The number of anilines is 3. The predicted molar refractivity (Wildman–Crippen MR) is 235 cm³/mol. The molecule has 0 aromatic heterocycles. The fourth-order valence-corrected chi connectivity index (χ4v) is 8.14. The molecular weight excluding hydrogens is 663 g/mol. The minimum Gasteiger partial charge on any atom is -0.310 e. The lowest BCUT2D eigenvalue weighted by molar-refractivity contribution is 1.28. The van der Waals surface area contributed by atoms with Crippen molar-refractivity contribution in [3.05, 3.63) is 224 Å². The molecule has 10 rings (SSSR count). The molecule has 0 saturated carbocycles. The molecule has 55 heavy (non-hydrogen) atoms. The minimum atomic E-state index is 1.09. The molecule has 0 bridgehead atoms. The number of fused-ring (bicyclic) bond motifs is 4. The maximum absolute atomic E-state index is 2.38. The standard InChI is InChI=1S/C54H37N/c1-3-13-38(14-4-1)43-19-11-21-48(36-43)55(49-22-12-20-44(37-49)45-30-33-51-46(35-45)26-25-40-17-7-9-23-50(40)51)47-31-27-42(28-32-47)54-52-24-10-8-18-41(52)29-34-53(54)39-15-5-2-6-16-39/h1-37H. The van der Waals surface area contributed by atoms with Crippen LogP contribution in [-0.2, 0) is 0 Å². The van der Waals surface area contributed by atoms with Gasteiger partial charge in [0.25, 0.3) is 0 Å². The molecule has 0 spiro atoms. The van der Waals surface area contributed by atoms with Crippen LogP contribution in [0.15, 0.2) is 224 Å². The average molecular weight is 700 g/mol. The van der Waals surface area contributed by atoms with Crippen LogP contribution in [-0.4, -0.2) is 0 Å². The summed E-state index contributed by atoms with van der Waals surface area (Å²) in [4.78, 5) is 2.38. The molecule has 0 atom stereocenters. The molecule has 0 aliphatic carbocycles. The Labute approximate surface area is 322 Å². The van der Waals surface area contributed by atoms with Gasteiger partial charge in [-0.3, -0.25) is 0 Å². The Morgan fingerprint density at radius 2 is 0.727 bits per heavy atom. The summed E-state index contributed by atoms with van der Waals surface area (Å²) in [5.74, 6) is 0. The Morgan fingerprint density at radius 1 is 0.236 bits per heavy atom. The van der Waals surface area contributed by atoms with Crippen LogP contribution < -0.4 is 4.90 Å². The lowest BCUT2D eigenvalue weighted by Crippen LogP contribution is -2.10. The molecule has 0 aliphatic heterocycles. The van der Waals surface area contributed by atoms with Gasteiger partial charge in [0, 0.05) is 17.1 Å². The van der Waals surface area contributed by atoms with Crippen molar-refractivity contribution in [2.75, 3.05) is 4.90 Å². The highest BCUT2D eigenvalue weighted by Crippen LogP contribution is 2.42. The number of rotatable bonds is 7. The normalized spacial score (nSPS) is 11.3. The molecule has 10 aromatic rings. The summed E-state index contributed by atoms with van der Waals surface area (Å²) < 4.78 is 0.